The predicted molar refractivity (Wildman–Crippen MR) is 56.4 cm³/mol. The molecule has 4 heteroatoms. The van der Waals surface area contributed by atoms with Crippen molar-refractivity contribution in [1.82, 2.24) is 15.5 Å². The van der Waals surface area contributed by atoms with Crippen molar-refractivity contribution in [3.8, 4) is 0 Å². The van der Waals surface area contributed by atoms with Gasteiger partial charge in [-0.15, -0.1) is 0 Å². The summed E-state index contributed by atoms with van der Waals surface area (Å²) in [5.41, 5.74) is 0. The topological polar surface area (TPSA) is 39.7 Å². The first-order valence-corrected chi connectivity index (χ1v) is 5.71. The normalized spacial score (nSPS) is 36.6. The highest BCUT2D eigenvalue weighted by Crippen LogP contribution is 2.26. The van der Waals surface area contributed by atoms with Gasteiger partial charge in [-0.1, -0.05) is 0 Å². The van der Waals surface area contributed by atoms with Crippen LogP contribution in [-0.4, -0.2) is 49.6 Å². The van der Waals surface area contributed by atoms with Gasteiger partial charge in [-0.2, -0.15) is 0 Å². The molecule has 0 amide bonds. The number of hydrogen-bond acceptors (Lipinski definition) is 4. The lowest BCUT2D eigenvalue weighted by atomic mass is 9.92. The van der Waals surface area contributed by atoms with Crippen LogP contribution in [0.25, 0.3) is 0 Å². The van der Waals surface area contributed by atoms with E-state index in [1.54, 1.807) is 0 Å². The van der Waals surface area contributed by atoms with Gasteiger partial charge in [0, 0.05) is 32.2 Å². The molecule has 0 bridgehead atoms. The highest BCUT2D eigenvalue weighted by atomic mass is 15.4. The fourth-order valence-corrected chi connectivity index (χ4v) is 2.91. The van der Waals surface area contributed by atoms with Gasteiger partial charge in [0.2, 0.25) is 0 Å². The molecule has 3 aliphatic heterocycles. The summed E-state index contributed by atoms with van der Waals surface area (Å²) in [5, 5.41) is 6.88. The van der Waals surface area contributed by atoms with Crippen molar-refractivity contribution in [2.75, 3.05) is 32.7 Å². The molecule has 2 unspecified atom stereocenters. The highest BCUT2D eigenvalue weighted by molar-refractivity contribution is 5.81. The quantitative estimate of drug-likeness (QED) is 0.553. The predicted octanol–water partition coefficient (Wildman–Crippen LogP) is -0.371. The van der Waals surface area contributed by atoms with E-state index in [-0.39, 0.29) is 0 Å². The Balaban J connectivity index is 1.77. The summed E-state index contributed by atoms with van der Waals surface area (Å²) in [4.78, 5) is 7.01. The summed E-state index contributed by atoms with van der Waals surface area (Å²) < 4.78 is 0. The lowest BCUT2D eigenvalue weighted by molar-refractivity contribution is 0.202. The fraction of sp³-hybridized carbons (Fsp3) is 0.900. The minimum absolute atomic E-state index is 0.702. The lowest BCUT2D eigenvalue weighted by Gasteiger charge is -2.38. The number of nitrogens with one attached hydrogen (secondary N) is 2. The van der Waals surface area contributed by atoms with Gasteiger partial charge >= 0.3 is 0 Å². The van der Waals surface area contributed by atoms with E-state index in [1.165, 1.54) is 25.9 Å². The van der Waals surface area contributed by atoms with Crippen molar-refractivity contribution in [2.24, 2.45) is 10.9 Å². The van der Waals surface area contributed by atoms with Crippen LogP contribution in [0.1, 0.15) is 12.8 Å². The van der Waals surface area contributed by atoms with Crippen LogP contribution >= 0.6 is 0 Å². The average molecular weight is 194 g/mol. The molecule has 2 atom stereocenters. The third-order valence-corrected chi connectivity index (χ3v) is 3.61. The number of likely N-dealkylation sites (tertiary alicyclic amines) is 1. The Kier molecular flexibility index (Phi) is 2.09. The van der Waals surface area contributed by atoms with Crippen LogP contribution in [0.2, 0.25) is 0 Å². The second kappa shape index (κ2) is 3.42. The van der Waals surface area contributed by atoms with E-state index >= 15 is 0 Å². The highest BCUT2D eigenvalue weighted by Gasteiger charge is 2.36. The van der Waals surface area contributed by atoms with Crippen LogP contribution in [0.4, 0.5) is 0 Å². The Bertz CT molecular complexity index is 251. The van der Waals surface area contributed by atoms with Crippen LogP contribution in [0.15, 0.2) is 4.99 Å². The zero-order valence-electron chi connectivity index (χ0n) is 8.50. The van der Waals surface area contributed by atoms with Gasteiger partial charge < -0.3 is 15.5 Å². The molecule has 78 valence electrons. The number of rotatable bonds is 0. The molecule has 0 radical (unpaired) electrons. The summed E-state index contributed by atoms with van der Waals surface area (Å²) in [5.74, 6) is 2.01. The molecular weight excluding hydrogens is 176 g/mol. The molecule has 3 heterocycles. The summed E-state index contributed by atoms with van der Waals surface area (Å²) in [6.45, 7) is 5.52. The van der Waals surface area contributed by atoms with Gasteiger partial charge in [-0.3, -0.25) is 4.99 Å². The Hall–Kier alpha value is -0.770. The molecule has 14 heavy (non-hydrogen) atoms. The van der Waals surface area contributed by atoms with Crippen molar-refractivity contribution in [3.63, 3.8) is 0 Å². The standard InChI is InChI=1S/C10H18N4/c1-2-8-6-11-7-9(8)14(5-1)10-12-3-4-13-10/h8-9,11H,1-7H2,(H,12,13). The van der Waals surface area contributed by atoms with E-state index in [2.05, 4.69) is 20.5 Å². The lowest BCUT2D eigenvalue weighted by Crippen LogP contribution is -2.51. The van der Waals surface area contributed by atoms with Gasteiger partial charge in [0.05, 0.1) is 6.54 Å². The average Bonchev–Trinajstić information content (AvgIpc) is 2.88. The van der Waals surface area contributed by atoms with Gasteiger partial charge in [0.25, 0.3) is 0 Å². The monoisotopic (exact) mass is 194 g/mol. The Labute approximate surface area is 84.8 Å². The molecule has 3 rings (SSSR count). The second-order valence-electron chi connectivity index (χ2n) is 4.45. The van der Waals surface area contributed by atoms with Crippen LogP contribution in [0.5, 0.6) is 0 Å². The summed E-state index contributed by atoms with van der Waals surface area (Å²) >= 11 is 0. The first kappa shape index (κ1) is 8.53. The number of nitrogens with zero attached hydrogens (tertiary/aromatic N) is 2. The minimum Gasteiger partial charge on any atom is -0.354 e. The van der Waals surface area contributed by atoms with Crippen LogP contribution in [0, 0.1) is 5.92 Å². The van der Waals surface area contributed by atoms with E-state index in [9.17, 15) is 0 Å². The summed E-state index contributed by atoms with van der Waals surface area (Å²) in [6, 6.07) is 0.702. The van der Waals surface area contributed by atoms with Gasteiger partial charge in [0.15, 0.2) is 5.96 Å². The van der Waals surface area contributed by atoms with Gasteiger partial charge in [-0.05, 0) is 18.8 Å². The number of hydrogen-bond donors (Lipinski definition) is 2. The second-order valence-corrected chi connectivity index (χ2v) is 4.45. The maximum atomic E-state index is 4.52. The van der Waals surface area contributed by atoms with Gasteiger partial charge in [-0.25, -0.2) is 0 Å². The fourth-order valence-electron chi connectivity index (χ4n) is 2.91. The van der Waals surface area contributed by atoms with Crippen molar-refractivity contribution in [2.45, 2.75) is 18.9 Å². The van der Waals surface area contributed by atoms with E-state index in [1.807, 2.05) is 0 Å². The first-order chi connectivity index (χ1) is 6.95. The third-order valence-electron chi connectivity index (χ3n) is 3.61. The largest absolute Gasteiger partial charge is 0.354 e. The van der Waals surface area contributed by atoms with Crippen LogP contribution in [-0.2, 0) is 0 Å². The Morgan fingerprint density at radius 3 is 3.21 bits per heavy atom. The van der Waals surface area contributed by atoms with E-state index < -0.39 is 0 Å². The number of aliphatic imine (C=N–C) groups is 1. The SMILES string of the molecule is C1CC2CNCC2N(C2=NCCN2)C1. The smallest absolute Gasteiger partial charge is 0.194 e. The molecule has 0 spiro atoms. The molecule has 0 aromatic heterocycles. The van der Waals surface area contributed by atoms with E-state index in [0.717, 1.165) is 31.5 Å². The van der Waals surface area contributed by atoms with E-state index in [0.29, 0.717) is 6.04 Å². The molecule has 2 fully saturated rings. The van der Waals surface area contributed by atoms with Crippen molar-refractivity contribution in [3.05, 3.63) is 0 Å². The zero-order chi connectivity index (χ0) is 9.38. The zero-order valence-corrected chi connectivity index (χ0v) is 8.50. The Morgan fingerprint density at radius 2 is 2.36 bits per heavy atom. The molecular formula is C10H18N4. The number of fused-ring (bicyclic) bond motifs is 1. The summed E-state index contributed by atoms with van der Waals surface area (Å²) in [7, 11) is 0. The van der Waals surface area contributed by atoms with Crippen molar-refractivity contribution < 1.29 is 0 Å². The molecule has 0 aliphatic carbocycles. The molecule has 2 N–H and O–H groups in total. The first-order valence-electron chi connectivity index (χ1n) is 5.71. The maximum absolute atomic E-state index is 4.52. The van der Waals surface area contributed by atoms with Crippen LogP contribution in [0.3, 0.4) is 0 Å². The minimum atomic E-state index is 0.702. The van der Waals surface area contributed by atoms with Gasteiger partial charge in [0.1, 0.15) is 0 Å². The van der Waals surface area contributed by atoms with Crippen LogP contribution < -0.4 is 10.6 Å². The Morgan fingerprint density at radius 1 is 1.36 bits per heavy atom. The molecule has 3 aliphatic rings. The van der Waals surface area contributed by atoms with Crippen molar-refractivity contribution >= 4 is 5.96 Å². The molecule has 4 nitrogen and oxygen atoms in total. The molecule has 0 saturated carbocycles. The molecule has 0 aromatic carbocycles. The number of piperidine rings is 1. The number of guanidine groups is 1. The summed E-state index contributed by atoms with van der Waals surface area (Å²) in [6.07, 6.45) is 2.71. The van der Waals surface area contributed by atoms with E-state index in [4.69, 9.17) is 0 Å². The van der Waals surface area contributed by atoms with Crippen molar-refractivity contribution in [1.29, 1.82) is 0 Å². The third kappa shape index (κ3) is 1.29. The maximum Gasteiger partial charge on any atom is 0.194 e. The molecule has 0 aromatic rings. The molecule has 2 saturated heterocycles.